The zero-order valence-electron chi connectivity index (χ0n) is 9.17. The lowest BCUT2D eigenvalue weighted by atomic mass is 10.2. The lowest BCUT2D eigenvalue weighted by Crippen LogP contribution is -2.32. The number of aromatic nitrogens is 2. The van der Waals surface area contributed by atoms with Crippen molar-refractivity contribution >= 4 is 0 Å². The van der Waals surface area contributed by atoms with Crippen LogP contribution in [0.2, 0.25) is 0 Å². The Bertz CT molecular complexity index is 419. The van der Waals surface area contributed by atoms with Crippen LogP contribution in [0.5, 0.6) is 0 Å². The van der Waals surface area contributed by atoms with Gasteiger partial charge in [0.1, 0.15) is 0 Å². The van der Waals surface area contributed by atoms with Crippen LogP contribution in [0.25, 0.3) is 0 Å². The highest BCUT2D eigenvalue weighted by Crippen LogP contribution is 1.90. The van der Waals surface area contributed by atoms with Gasteiger partial charge in [-0.2, -0.15) is 0 Å². The van der Waals surface area contributed by atoms with Crippen molar-refractivity contribution in [1.29, 1.82) is 0 Å². The maximum atomic E-state index is 11.4. The lowest BCUT2D eigenvalue weighted by Gasteiger charge is -2.06. The van der Waals surface area contributed by atoms with Crippen molar-refractivity contribution in [2.45, 2.75) is 26.3 Å². The van der Waals surface area contributed by atoms with E-state index in [0.717, 1.165) is 13.0 Å². The molecule has 0 aliphatic heterocycles. The molecule has 0 amide bonds. The van der Waals surface area contributed by atoms with Crippen molar-refractivity contribution in [3.63, 3.8) is 0 Å². The highest BCUT2D eigenvalue weighted by molar-refractivity contribution is 5.03. The summed E-state index contributed by atoms with van der Waals surface area (Å²) in [5.41, 5.74) is 0.0553. The Hall–Kier alpha value is -1.36. The van der Waals surface area contributed by atoms with E-state index in [0.29, 0.717) is 18.5 Å². The van der Waals surface area contributed by atoms with Crippen LogP contribution in [-0.4, -0.2) is 23.1 Å². The molecule has 0 atom stereocenters. The summed E-state index contributed by atoms with van der Waals surface area (Å²) in [5.74, 6) is 0. The molecule has 0 radical (unpaired) electrons. The quantitative estimate of drug-likeness (QED) is 0.658. The van der Waals surface area contributed by atoms with Crippen LogP contribution in [0.1, 0.15) is 18.9 Å². The topological polar surface area (TPSA) is 66.9 Å². The predicted octanol–water partition coefficient (Wildman–Crippen LogP) is -0.291. The van der Waals surface area contributed by atoms with Crippen LogP contribution in [0.15, 0.2) is 15.8 Å². The van der Waals surface area contributed by atoms with Crippen molar-refractivity contribution < 1.29 is 0 Å². The Kier molecular flexibility index (Phi) is 4.30. The fourth-order valence-electron chi connectivity index (χ4n) is 1.40. The van der Waals surface area contributed by atoms with E-state index in [1.165, 1.54) is 0 Å². The first kappa shape index (κ1) is 11.7. The number of aromatic amines is 1. The summed E-state index contributed by atoms with van der Waals surface area (Å²) in [5, 5.41) is 3.01. The van der Waals surface area contributed by atoms with E-state index in [1.54, 1.807) is 10.8 Å². The zero-order valence-corrected chi connectivity index (χ0v) is 9.17. The lowest BCUT2D eigenvalue weighted by molar-refractivity contribution is 0.580. The molecule has 0 unspecified atom stereocenters. The van der Waals surface area contributed by atoms with Gasteiger partial charge >= 0.3 is 5.69 Å². The molecule has 5 nitrogen and oxygen atoms in total. The Labute approximate surface area is 88.1 Å². The van der Waals surface area contributed by atoms with Gasteiger partial charge in [0.25, 0.3) is 5.56 Å². The molecule has 1 aromatic heterocycles. The average molecular weight is 211 g/mol. The van der Waals surface area contributed by atoms with Gasteiger partial charge in [0.15, 0.2) is 0 Å². The molecule has 84 valence electrons. The smallest absolute Gasteiger partial charge is 0.320 e. The Morgan fingerprint density at radius 2 is 2.20 bits per heavy atom. The second kappa shape index (κ2) is 5.50. The van der Waals surface area contributed by atoms with Crippen LogP contribution < -0.4 is 16.6 Å². The summed E-state index contributed by atoms with van der Waals surface area (Å²) >= 11 is 0. The third-order valence-electron chi connectivity index (χ3n) is 2.29. The molecule has 1 aromatic rings. The molecule has 0 fully saturated rings. The van der Waals surface area contributed by atoms with E-state index < -0.39 is 0 Å². The number of hydrogen-bond acceptors (Lipinski definition) is 3. The third kappa shape index (κ3) is 3.06. The number of hydrogen-bond donors (Lipinski definition) is 2. The van der Waals surface area contributed by atoms with Crippen LogP contribution >= 0.6 is 0 Å². The van der Waals surface area contributed by atoms with E-state index in [2.05, 4.69) is 10.3 Å². The molecule has 0 aliphatic rings. The molecule has 2 N–H and O–H groups in total. The molecule has 0 aromatic carbocycles. The van der Waals surface area contributed by atoms with E-state index in [9.17, 15) is 9.59 Å². The van der Waals surface area contributed by atoms with Crippen LogP contribution in [0, 0.1) is 0 Å². The van der Waals surface area contributed by atoms with Gasteiger partial charge in [-0.25, -0.2) is 4.79 Å². The fraction of sp³-hybridized carbons (Fsp3) is 0.600. The first-order valence-electron chi connectivity index (χ1n) is 5.16. The van der Waals surface area contributed by atoms with Gasteiger partial charge < -0.3 is 9.88 Å². The molecule has 1 rings (SSSR count). The maximum Gasteiger partial charge on any atom is 0.328 e. The van der Waals surface area contributed by atoms with Gasteiger partial charge in [-0.3, -0.25) is 9.78 Å². The van der Waals surface area contributed by atoms with Crippen molar-refractivity contribution in [2.24, 2.45) is 0 Å². The summed E-state index contributed by atoms with van der Waals surface area (Å²) in [6.07, 6.45) is 3.16. The van der Waals surface area contributed by atoms with Crippen molar-refractivity contribution in [3.8, 4) is 0 Å². The first-order chi connectivity index (χ1) is 7.19. The molecule has 1 heterocycles. The van der Waals surface area contributed by atoms with E-state index in [-0.39, 0.29) is 11.2 Å². The van der Waals surface area contributed by atoms with Crippen LogP contribution in [0.4, 0.5) is 0 Å². The maximum absolute atomic E-state index is 11.4. The summed E-state index contributed by atoms with van der Waals surface area (Å²) in [6.45, 7) is 3.38. The standard InChI is InChI=1S/C10H17N3O2/c1-3-8-7-13(6-4-5-11-2)10(15)12-9(8)14/h7,11H,3-6H2,1-2H3,(H,12,14,15). The van der Waals surface area contributed by atoms with Gasteiger partial charge in [0.05, 0.1) is 0 Å². The SMILES string of the molecule is CCc1cn(CCCNC)c(=O)[nH]c1=O. The molecular weight excluding hydrogens is 194 g/mol. The molecule has 5 heteroatoms. The zero-order chi connectivity index (χ0) is 11.3. The number of nitrogens with one attached hydrogen (secondary N) is 2. The van der Waals surface area contributed by atoms with Gasteiger partial charge in [-0.15, -0.1) is 0 Å². The highest BCUT2D eigenvalue weighted by Gasteiger charge is 2.01. The summed E-state index contributed by atoms with van der Waals surface area (Å²) in [6, 6.07) is 0. The van der Waals surface area contributed by atoms with Gasteiger partial charge in [0.2, 0.25) is 0 Å². The minimum atomic E-state index is -0.326. The van der Waals surface area contributed by atoms with Gasteiger partial charge in [-0.05, 0) is 26.4 Å². The van der Waals surface area contributed by atoms with Crippen molar-refractivity contribution in [2.75, 3.05) is 13.6 Å². The monoisotopic (exact) mass is 211 g/mol. The number of rotatable bonds is 5. The van der Waals surface area contributed by atoms with Crippen molar-refractivity contribution in [1.82, 2.24) is 14.9 Å². The van der Waals surface area contributed by atoms with E-state index in [1.807, 2.05) is 14.0 Å². The summed E-state index contributed by atoms with van der Waals surface area (Å²) < 4.78 is 1.55. The molecule has 0 spiro atoms. The molecule has 0 saturated carbocycles. The largest absolute Gasteiger partial charge is 0.328 e. The van der Waals surface area contributed by atoms with Crippen LogP contribution in [0.3, 0.4) is 0 Å². The predicted molar refractivity (Wildman–Crippen MR) is 59.2 cm³/mol. The molecule has 15 heavy (non-hydrogen) atoms. The number of H-pyrrole nitrogens is 1. The van der Waals surface area contributed by atoms with Crippen LogP contribution in [-0.2, 0) is 13.0 Å². The highest BCUT2D eigenvalue weighted by atomic mass is 16.2. The Morgan fingerprint density at radius 1 is 1.47 bits per heavy atom. The normalized spacial score (nSPS) is 10.5. The number of aryl methyl sites for hydroxylation is 2. The fourth-order valence-corrected chi connectivity index (χ4v) is 1.40. The average Bonchev–Trinajstić information content (AvgIpc) is 2.21. The van der Waals surface area contributed by atoms with Gasteiger partial charge in [-0.1, -0.05) is 6.92 Å². The minimum absolute atomic E-state index is 0.271. The molecule has 0 aliphatic carbocycles. The molecule has 0 saturated heterocycles. The Balaban J connectivity index is 2.88. The molecule has 0 bridgehead atoms. The first-order valence-corrected chi connectivity index (χ1v) is 5.16. The minimum Gasteiger partial charge on any atom is -0.320 e. The third-order valence-corrected chi connectivity index (χ3v) is 2.29. The Morgan fingerprint density at radius 3 is 2.80 bits per heavy atom. The second-order valence-corrected chi connectivity index (χ2v) is 3.42. The molecular formula is C10H17N3O2. The summed E-state index contributed by atoms with van der Waals surface area (Å²) in [7, 11) is 1.87. The second-order valence-electron chi connectivity index (χ2n) is 3.42. The van der Waals surface area contributed by atoms with E-state index in [4.69, 9.17) is 0 Å². The van der Waals surface area contributed by atoms with Gasteiger partial charge in [0, 0.05) is 18.3 Å². The number of nitrogens with zero attached hydrogens (tertiary/aromatic N) is 1. The summed E-state index contributed by atoms with van der Waals surface area (Å²) in [4.78, 5) is 25.0. The van der Waals surface area contributed by atoms with Crippen molar-refractivity contribution in [3.05, 3.63) is 32.6 Å². The van der Waals surface area contributed by atoms with E-state index >= 15 is 0 Å².